The second-order valence-electron chi connectivity index (χ2n) is 6.55. The molecule has 1 saturated heterocycles. The molecule has 0 N–H and O–H groups in total. The molecule has 0 saturated carbocycles. The molecule has 3 heterocycles. The lowest BCUT2D eigenvalue weighted by atomic mass is 9.94. The van der Waals surface area contributed by atoms with Gasteiger partial charge in [0.25, 0.3) is 0 Å². The molecular formula is C18H19F2N5. The van der Waals surface area contributed by atoms with Crippen LogP contribution in [0.3, 0.4) is 0 Å². The zero-order chi connectivity index (χ0) is 17.4. The van der Waals surface area contributed by atoms with Crippen LogP contribution in [-0.2, 0) is 13.6 Å². The standard InChI is InChI=1S/C18H19F2N5/c1-24-18-17(21-6-7-22-18)16(23-24)13-3-2-8-25(11-13)10-12-4-5-14(19)9-15(12)20/h4-7,9,13H,2-3,8,10-11H2,1H3/t13-/m0/s1. The van der Waals surface area contributed by atoms with E-state index in [-0.39, 0.29) is 5.92 Å². The van der Waals surface area contributed by atoms with Gasteiger partial charge in [0, 0.05) is 50.1 Å². The summed E-state index contributed by atoms with van der Waals surface area (Å²) in [5.74, 6) is -0.801. The second-order valence-corrected chi connectivity index (χ2v) is 6.55. The highest BCUT2D eigenvalue weighted by Crippen LogP contribution is 2.30. The van der Waals surface area contributed by atoms with Crippen LogP contribution in [-0.4, -0.2) is 37.7 Å². The van der Waals surface area contributed by atoms with E-state index in [1.807, 2.05) is 7.05 Å². The van der Waals surface area contributed by atoms with Crippen molar-refractivity contribution in [2.75, 3.05) is 13.1 Å². The lowest BCUT2D eigenvalue weighted by Gasteiger charge is -2.32. The fourth-order valence-electron chi connectivity index (χ4n) is 3.59. The van der Waals surface area contributed by atoms with Crippen molar-refractivity contribution in [3.63, 3.8) is 0 Å². The van der Waals surface area contributed by atoms with Crippen LogP contribution < -0.4 is 0 Å². The highest BCUT2D eigenvalue weighted by Gasteiger charge is 2.27. The molecule has 130 valence electrons. The first-order valence-corrected chi connectivity index (χ1v) is 8.41. The quantitative estimate of drug-likeness (QED) is 0.733. The number of hydrogen-bond donors (Lipinski definition) is 0. The summed E-state index contributed by atoms with van der Waals surface area (Å²) in [7, 11) is 1.87. The Balaban J connectivity index is 1.56. The number of nitrogens with zero attached hydrogens (tertiary/aromatic N) is 5. The van der Waals surface area contributed by atoms with E-state index in [0.717, 1.165) is 48.9 Å². The summed E-state index contributed by atoms with van der Waals surface area (Å²) < 4.78 is 28.8. The van der Waals surface area contributed by atoms with Crippen LogP contribution in [0.5, 0.6) is 0 Å². The lowest BCUT2D eigenvalue weighted by molar-refractivity contribution is 0.196. The van der Waals surface area contributed by atoms with Gasteiger partial charge in [-0.3, -0.25) is 4.90 Å². The summed E-state index contributed by atoms with van der Waals surface area (Å²) in [5, 5.41) is 4.63. The lowest BCUT2D eigenvalue weighted by Crippen LogP contribution is -2.34. The predicted molar refractivity (Wildman–Crippen MR) is 89.9 cm³/mol. The molecule has 1 aliphatic heterocycles. The summed E-state index contributed by atoms with van der Waals surface area (Å²) in [6.45, 7) is 2.14. The maximum Gasteiger partial charge on any atom is 0.176 e. The van der Waals surface area contributed by atoms with Gasteiger partial charge in [-0.05, 0) is 25.5 Å². The van der Waals surface area contributed by atoms with Crippen LogP contribution in [0.1, 0.15) is 30.0 Å². The molecule has 1 fully saturated rings. The molecule has 1 aromatic carbocycles. The summed E-state index contributed by atoms with van der Waals surface area (Å²) in [5.41, 5.74) is 3.09. The van der Waals surface area contributed by atoms with Crippen LogP contribution in [0.4, 0.5) is 8.78 Å². The molecule has 1 atom stereocenters. The molecule has 4 rings (SSSR count). The number of hydrogen-bond acceptors (Lipinski definition) is 4. The van der Waals surface area contributed by atoms with E-state index in [4.69, 9.17) is 0 Å². The van der Waals surface area contributed by atoms with Gasteiger partial charge >= 0.3 is 0 Å². The van der Waals surface area contributed by atoms with Crippen molar-refractivity contribution in [2.45, 2.75) is 25.3 Å². The van der Waals surface area contributed by atoms with Gasteiger partial charge < -0.3 is 0 Å². The maximum absolute atomic E-state index is 13.9. The van der Waals surface area contributed by atoms with Crippen molar-refractivity contribution in [3.05, 3.63) is 53.5 Å². The minimum absolute atomic E-state index is 0.234. The van der Waals surface area contributed by atoms with E-state index in [1.165, 1.54) is 12.1 Å². The molecule has 0 bridgehead atoms. The molecule has 0 radical (unpaired) electrons. The van der Waals surface area contributed by atoms with Gasteiger partial charge in [-0.2, -0.15) is 5.10 Å². The van der Waals surface area contributed by atoms with Gasteiger partial charge in [0.1, 0.15) is 17.2 Å². The van der Waals surface area contributed by atoms with Crippen molar-refractivity contribution in [2.24, 2.45) is 7.05 Å². The Morgan fingerprint density at radius 1 is 1.20 bits per heavy atom. The number of benzene rings is 1. The van der Waals surface area contributed by atoms with E-state index in [1.54, 1.807) is 17.1 Å². The largest absolute Gasteiger partial charge is 0.298 e. The van der Waals surface area contributed by atoms with Crippen molar-refractivity contribution < 1.29 is 8.78 Å². The molecule has 0 spiro atoms. The van der Waals surface area contributed by atoms with Gasteiger partial charge in [0.15, 0.2) is 5.65 Å². The Morgan fingerprint density at radius 3 is 2.88 bits per heavy atom. The second kappa shape index (κ2) is 6.48. The Kier molecular flexibility index (Phi) is 4.17. The monoisotopic (exact) mass is 343 g/mol. The number of aryl methyl sites for hydroxylation is 1. The Labute approximate surface area is 144 Å². The van der Waals surface area contributed by atoms with Crippen molar-refractivity contribution in [1.29, 1.82) is 0 Å². The topological polar surface area (TPSA) is 46.8 Å². The fraction of sp³-hybridized carbons (Fsp3) is 0.389. The summed E-state index contributed by atoms with van der Waals surface area (Å²) in [4.78, 5) is 11.0. The zero-order valence-electron chi connectivity index (χ0n) is 14.0. The van der Waals surface area contributed by atoms with Crippen molar-refractivity contribution >= 4 is 11.2 Å². The number of fused-ring (bicyclic) bond motifs is 1. The van der Waals surface area contributed by atoms with Crippen LogP contribution in [0, 0.1) is 11.6 Å². The zero-order valence-corrected chi connectivity index (χ0v) is 14.0. The van der Waals surface area contributed by atoms with E-state index in [2.05, 4.69) is 20.0 Å². The third-order valence-corrected chi connectivity index (χ3v) is 4.79. The van der Waals surface area contributed by atoms with Gasteiger partial charge in [0.2, 0.25) is 0 Å². The Bertz CT molecular complexity index is 908. The molecular weight excluding hydrogens is 324 g/mol. The number of halogens is 2. The predicted octanol–water partition coefficient (Wildman–Crippen LogP) is 3.02. The molecule has 0 aliphatic carbocycles. The smallest absolute Gasteiger partial charge is 0.176 e. The average molecular weight is 343 g/mol. The first-order chi connectivity index (χ1) is 12.1. The Morgan fingerprint density at radius 2 is 2.04 bits per heavy atom. The third kappa shape index (κ3) is 3.11. The molecule has 0 amide bonds. The molecule has 5 nitrogen and oxygen atoms in total. The Hall–Kier alpha value is -2.41. The minimum atomic E-state index is -0.545. The summed E-state index contributed by atoms with van der Waals surface area (Å²) >= 11 is 0. The van der Waals surface area contributed by atoms with E-state index in [9.17, 15) is 8.78 Å². The van der Waals surface area contributed by atoms with Gasteiger partial charge in [-0.25, -0.2) is 23.4 Å². The number of piperidine rings is 1. The van der Waals surface area contributed by atoms with Crippen LogP contribution >= 0.6 is 0 Å². The molecule has 0 unspecified atom stereocenters. The van der Waals surface area contributed by atoms with Crippen molar-refractivity contribution in [3.8, 4) is 0 Å². The summed E-state index contributed by atoms with van der Waals surface area (Å²) in [6.07, 6.45) is 5.37. The highest BCUT2D eigenvalue weighted by molar-refractivity contribution is 5.73. The average Bonchev–Trinajstić information content (AvgIpc) is 2.95. The van der Waals surface area contributed by atoms with Gasteiger partial charge in [0.05, 0.1) is 5.69 Å². The molecule has 25 heavy (non-hydrogen) atoms. The van der Waals surface area contributed by atoms with Gasteiger partial charge in [-0.15, -0.1) is 0 Å². The minimum Gasteiger partial charge on any atom is -0.298 e. The maximum atomic E-state index is 13.9. The van der Waals surface area contributed by atoms with E-state index < -0.39 is 11.6 Å². The number of rotatable bonds is 3. The SMILES string of the molecule is Cn1nc([C@H]2CCCN(Cc3ccc(F)cc3F)C2)c2nccnc21. The molecule has 7 heteroatoms. The van der Waals surface area contributed by atoms with Crippen LogP contribution in [0.2, 0.25) is 0 Å². The normalized spacial score (nSPS) is 18.8. The first kappa shape index (κ1) is 16.1. The van der Waals surface area contributed by atoms with Crippen LogP contribution in [0.25, 0.3) is 11.2 Å². The van der Waals surface area contributed by atoms with E-state index in [0.29, 0.717) is 12.1 Å². The van der Waals surface area contributed by atoms with Gasteiger partial charge in [-0.1, -0.05) is 6.07 Å². The highest BCUT2D eigenvalue weighted by atomic mass is 19.1. The molecule has 1 aliphatic rings. The first-order valence-electron chi connectivity index (χ1n) is 8.41. The summed E-state index contributed by atoms with van der Waals surface area (Å²) in [6, 6.07) is 3.77. The molecule has 2 aromatic heterocycles. The number of aromatic nitrogens is 4. The van der Waals surface area contributed by atoms with E-state index >= 15 is 0 Å². The number of likely N-dealkylation sites (tertiary alicyclic amines) is 1. The van der Waals surface area contributed by atoms with Crippen molar-refractivity contribution in [1.82, 2.24) is 24.6 Å². The fourth-order valence-corrected chi connectivity index (χ4v) is 3.59. The molecule has 3 aromatic rings. The van der Waals surface area contributed by atoms with Crippen LogP contribution in [0.15, 0.2) is 30.6 Å². The third-order valence-electron chi connectivity index (χ3n) is 4.79.